The minimum absolute atomic E-state index is 0.0231. The van der Waals surface area contributed by atoms with Crippen molar-refractivity contribution < 1.29 is 4.79 Å². The molecule has 0 aliphatic heterocycles. The zero-order chi connectivity index (χ0) is 16.1. The molecule has 23 heavy (non-hydrogen) atoms. The van der Waals surface area contributed by atoms with Crippen LogP contribution in [0.25, 0.3) is 16.8 Å². The molecule has 0 aliphatic carbocycles. The van der Waals surface area contributed by atoms with Crippen molar-refractivity contribution >= 4 is 35.0 Å². The molecule has 0 radical (unpaired) electrons. The van der Waals surface area contributed by atoms with Gasteiger partial charge in [-0.25, -0.2) is 4.98 Å². The minimum atomic E-state index is -0.0231. The smallest absolute Gasteiger partial charge is 0.185 e. The number of carbonyl (C=O) groups excluding carboxylic acids is 1. The topological polar surface area (TPSA) is 42.9 Å². The molecule has 0 fully saturated rings. The first-order valence-corrected chi connectivity index (χ1v) is 9.10. The lowest BCUT2D eigenvalue weighted by atomic mass is 10.1. The van der Waals surface area contributed by atoms with Crippen LogP contribution < -0.4 is 0 Å². The highest BCUT2D eigenvalue weighted by atomic mass is 32.2. The average Bonchev–Trinajstić information content (AvgIpc) is 3.09. The Morgan fingerprint density at radius 1 is 1.17 bits per heavy atom. The van der Waals surface area contributed by atoms with Crippen LogP contribution in [0.4, 0.5) is 0 Å². The van der Waals surface area contributed by atoms with Crippen LogP contribution in [0.15, 0.2) is 65.0 Å². The van der Waals surface area contributed by atoms with Crippen molar-refractivity contribution in [2.24, 2.45) is 0 Å². The summed E-state index contributed by atoms with van der Waals surface area (Å²) in [6.07, 6.45) is 7.06. The van der Waals surface area contributed by atoms with Crippen LogP contribution in [-0.2, 0) is 0 Å². The molecule has 0 spiro atoms. The van der Waals surface area contributed by atoms with Crippen molar-refractivity contribution in [1.29, 1.82) is 0 Å². The van der Waals surface area contributed by atoms with Gasteiger partial charge in [0.2, 0.25) is 0 Å². The Kier molecular flexibility index (Phi) is 5.00. The number of hydrogen-bond donors (Lipinski definition) is 0. The summed E-state index contributed by atoms with van der Waals surface area (Å²) in [7, 11) is 0. The first-order chi connectivity index (χ1) is 11.3. The number of thiazole rings is 1. The standard InChI is InChI=1S/C18H14N2OS2/c1-22-15-8-5-13(6-9-15)17(21)10-7-14-12-23-18(20-14)16-4-2-3-11-19-16/h2-12H,1H3/b10-7+. The highest BCUT2D eigenvalue weighted by Gasteiger charge is 2.05. The van der Waals surface area contributed by atoms with E-state index in [9.17, 15) is 4.79 Å². The zero-order valence-corrected chi connectivity index (χ0v) is 14.1. The molecule has 0 saturated carbocycles. The Hall–Kier alpha value is -2.24. The lowest BCUT2D eigenvalue weighted by molar-refractivity contribution is 0.104. The molecule has 0 amide bonds. The molecular weight excluding hydrogens is 324 g/mol. The second kappa shape index (κ2) is 7.35. The van der Waals surface area contributed by atoms with E-state index in [1.807, 2.05) is 54.1 Å². The molecule has 0 saturated heterocycles. The molecular formula is C18H14N2OS2. The Morgan fingerprint density at radius 2 is 2.00 bits per heavy atom. The van der Waals surface area contributed by atoms with Crippen LogP contribution in [0.2, 0.25) is 0 Å². The van der Waals surface area contributed by atoms with E-state index in [1.165, 1.54) is 11.3 Å². The molecule has 2 aromatic heterocycles. The van der Waals surface area contributed by atoms with Crippen LogP contribution in [0.3, 0.4) is 0 Å². The van der Waals surface area contributed by atoms with E-state index in [0.29, 0.717) is 5.56 Å². The zero-order valence-electron chi connectivity index (χ0n) is 12.5. The highest BCUT2D eigenvalue weighted by molar-refractivity contribution is 7.98. The van der Waals surface area contributed by atoms with Gasteiger partial charge >= 0.3 is 0 Å². The molecule has 3 aromatic rings. The van der Waals surface area contributed by atoms with Crippen molar-refractivity contribution in [2.45, 2.75) is 4.90 Å². The normalized spacial score (nSPS) is 11.0. The summed E-state index contributed by atoms with van der Waals surface area (Å²) in [5.74, 6) is -0.0231. The van der Waals surface area contributed by atoms with Crippen molar-refractivity contribution in [3.05, 3.63) is 71.4 Å². The van der Waals surface area contributed by atoms with Gasteiger partial charge in [-0.3, -0.25) is 9.78 Å². The van der Waals surface area contributed by atoms with Crippen LogP contribution in [0.1, 0.15) is 16.1 Å². The molecule has 5 heteroatoms. The van der Waals surface area contributed by atoms with Gasteiger partial charge in [0.15, 0.2) is 5.78 Å². The third-order valence-electron chi connectivity index (χ3n) is 3.19. The summed E-state index contributed by atoms with van der Waals surface area (Å²) in [6.45, 7) is 0. The van der Waals surface area contributed by atoms with Gasteiger partial charge in [-0.15, -0.1) is 23.1 Å². The predicted octanol–water partition coefficient (Wildman–Crippen LogP) is 4.82. The monoisotopic (exact) mass is 338 g/mol. The van der Waals surface area contributed by atoms with Gasteiger partial charge in [-0.2, -0.15) is 0 Å². The van der Waals surface area contributed by atoms with Gasteiger partial charge in [-0.05, 0) is 54.8 Å². The molecule has 0 N–H and O–H groups in total. The third kappa shape index (κ3) is 3.94. The summed E-state index contributed by atoms with van der Waals surface area (Å²) < 4.78 is 0. The first kappa shape index (κ1) is 15.6. The maximum absolute atomic E-state index is 12.2. The van der Waals surface area contributed by atoms with Crippen molar-refractivity contribution in [1.82, 2.24) is 9.97 Å². The van der Waals surface area contributed by atoms with Crippen LogP contribution in [0, 0.1) is 0 Å². The quantitative estimate of drug-likeness (QED) is 0.380. The van der Waals surface area contributed by atoms with Crippen LogP contribution in [0.5, 0.6) is 0 Å². The van der Waals surface area contributed by atoms with E-state index in [-0.39, 0.29) is 5.78 Å². The lowest BCUT2D eigenvalue weighted by Gasteiger charge is -1.98. The Bertz CT molecular complexity index is 824. The second-order valence-corrected chi connectivity index (χ2v) is 6.46. The van der Waals surface area contributed by atoms with Gasteiger partial charge in [0.1, 0.15) is 5.01 Å². The fourth-order valence-electron chi connectivity index (χ4n) is 1.98. The van der Waals surface area contributed by atoms with Crippen molar-refractivity contribution in [3.63, 3.8) is 0 Å². The van der Waals surface area contributed by atoms with Gasteiger partial charge in [0, 0.05) is 22.0 Å². The number of allylic oxidation sites excluding steroid dienone is 1. The Labute approximate surface area is 143 Å². The molecule has 3 rings (SSSR count). The summed E-state index contributed by atoms with van der Waals surface area (Å²) in [6, 6.07) is 13.3. The summed E-state index contributed by atoms with van der Waals surface area (Å²) in [4.78, 5) is 22.1. The number of benzene rings is 1. The molecule has 0 unspecified atom stereocenters. The molecule has 1 aromatic carbocycles. The van der Waals surface area contributed by atoms with Gasteiger partial charge in [0.25, 0.3) is 0 Å². The van der Waals surface area contributed by atoms with E-state index < -0.39 is 0 Å². The molecule has 2 heterocycles. The van der Waals surface area contributed by atoms with Gasteiger partial charge < -0.3 is 0 Å². The van der Waals surface area contributed by atoms with E-state index in [1.54, 1.807) is 30.1 Å². The number of pyridine rings is 1. The molecule has 3 nitrogen and oxygen atoms in total. The number of hydrogen-bond acceptors (Lipinski definition) is 5. The number of ketones is 1. The fourth-order valence-corrected chi connectivity index (χ4v) is 3.15. The SMILES string of the molecule is CSc1ccc(C(=O)/C=C/c2csc(-c3ccccn3)n2)cc1. The largest absolute Gasteiger partial charge is 0.289 e. The first-order valence-electron chi connectivity index (χ1n) is 6.99. The average molecular weight is 338 g/mol. The number of carbonyl (C=O) groups is 1. The molecule has 0 atom stereocenters. The molecule has 0 aliphatic rings. The maximum Gasteiger partial charge on any atom is 0.185 e. The highest BCUT2D eigenvalue weighted by Crippen LogP contribution is 2.22. The van der Waals surface area contributed by atoms with Crippen LogP contribution >= 0.6 is 23.1 Å². The van der Waals surface area contributed by atoms with Crippen molar-refractivity contribution in [3.8, 4) is 10.7 Å². The van der Waals surface area contributed by atoms with E-state index in [0.717, 1.165) is 21.3 Å². The molecule has 0 bridgehead atoms. The van der Waals surface area contributed by atoms with E-state index >= 15 is 0 Å². The number of nitrogens with zero attached hydrogens (tertiary/aromatic N) is 2. The minimum Gasteiger partial charge on any atom is -0.289 e. The second-order valence-electron chi connectivity index (χ2n) is 4.72. The third-order valence-corrected chi connectivity index (χ3v) is 4.81. The summed E-state index contributed by atoms with van der Waals surface area (Å²) in [5, 5.41) is 2.77. The van der Waals surface area contributed by atoms with E-state index in [2.05, 4.69) is 9.97 Å². The fraction of sp³-hybridized carbons (Fsp3) is 0.0556. The predicted molar refractivity (Wildman–Crippen MR) is 96.9 cm³/mol. The van der Waals surface area contributed by atoms with Crippen LogP contribution in [-0.4, -0.2) is 22.0 Å². The van der Waals surface area contributed by atoms with E-state index in [4.69, 9.17) is 0 Å². The Balaban J connectivity index is 1.72. The maximum atomic E-state index is 12.2. The number of rotatable bonds is 5. The lowest BCUT2D eigenvalue weighted by Crippen LogP contribution is -1.93. The summed E-state index contributed by atoms with van der Waals surface area (Å²) >= 11 is 3.17. The van der Waals surface area contributed by atoms with Gasteiger partial charge in [0.05, 0.1) is 11.4 Å². The summed E-state index contributed by atoms with van der Waals surface area (Å²) in [5.41, 5.74) is 2.29. The number of aromatic nitrogens is 2. The number of thioether (sulfide) groups is 1. The van der Waals surface area contributed by atoms with Crippen molar-refractivity contribution in [2.75, 3.05) is 6.26 Å². The molecule has 114 valence electrons. The Morgan fingerprint density at radius 3 is 2.70 bits per heavy atom. The van der Waals surface area contributed by atoms with Gasteiger partial charge in [-0.1, -0.05) is 6.07 Å².